The molecule has 0 saturated carbocycles. The number of hydrogen-bond acceptors (Lipinski definition) is 6. The number of cyclic esters (lactones) is 1. The van der Waals surface area contributed by atoms with Crippen molar-refractivity contribution in [1.82, 2.24) is 0 Å². The van der Waals surface area contributed by atoms with E-state index >= 15 is 0 Å². The fourth-order valence-corrected chi connectivity index (χ4v) is 2.91. The van der Waals surface area contributed by atoms with E-state index in [1.165, 1.54) is 6.92 Å². The average Bonchev–Trinajstić information content (AvgIpc) is 2.53. The first-order valence-electron chi connectivity index (χ1n) is 8.81. The zero-order valence-electron chi connectivity index (χ0n) is 16.0. The van der Waals surface area contributed by atoms with Crippen molar-refractivity contribution in [3.8, 4) is 0 Å². The molecule has 5 atom stereocenters. The van der Waals surface area contributed by atoms with E-state index in [2.05, 4.69) is 6.58 Å². The number of esters is 2. The second-order valence-corrected chi connectivity index (χ2v) is 7.08. The Kier molecular flexibility index (Phi) is 8.24. The summed E-state index contributed by atoms with van der Waals surface area (Å²) in [6.07, 6.45) is 4.55. The molecule has 6 nitrogen and oxygen atoms in total. The summed E-state index contributed by atoms with van der Waals surface area (Å²) in [5.74, 6) is -1.25. The van der Waals surface area contributed by atoms with Gasteiger partial charge in [-0.2, -0.15) is 0 Å². The second-order valence-electron chi connectivity index (χ2n) is 7.08. The molecular weight excluding hydrogens is 336 g/mol. The van der Waals surface area contributed by atoms with Crippen molar-refractivity contribution in [2.75, 3.05) is 0 Å². The van der Waals surface area contributed by atoms with Crippen molar-refractivity contribution >= 4 is 11.9 Å². The van der Waals surface area contributed by atoms with Crippen molar-refractivity contribution in [3.05, 3.63) is 36.5 Å². The maximum atomic E-state index is 12.2. The zero-order valence-corrected chi connectivity index (χ0v) is 16.0. The number of rotatable bonds is 3. The summed E-state index contributed by atoms with van der Waals surface area (Å²) >= 11 is 0. The van der Waals surface area contributed by atoms with Crippen LogP contribution in [0, 0.1) is 5.92 Å². The molecule has 1 heterocycles. The third-order valence-electron chi connectivity index (χ3n) is 4.45. The first kappa shape index (κ1) is 22.1. The molecule has 1 aliphatic rings. The minimum Gasteiger partial charge on any atom is -0.457 e. The highest BCUT2D eigenvalue weighted by Crippen LogP contribution is 2.26. The van der Waals surface area contributed by atoms with E-state index < -0.39 is 35.9 Å². The van der Waals surface area contributed by atoms with E-state index in [1.54, 1.807) is 31.2 Å². The van der Waals surface area contributed by atoms with Crippen molar-refractivity contribution in [3.63, 3.8) is 0 Å². The Hall–Kier alpha value is -1.92. The molecule has 0 aliphatic carbocycles. The predicted octanol–water partition coefficient (Wildman–Crippen LogP) is 2.45. The van der Waals surface area contributed by atoms with Crippen LogP contribution in [0.5, 0.6) is 0 Å². The van der Waals surface area contributed by atoms with Gasteiger partial charge in [0.25, 0.3) is 0 Å². The van der Waals surface area contributed by atoms with Crippen LogP contribution in [-0.4, -0.2) is 46.1 Å². The molecular formula is C20H30O6. The normalized spacial score (nSPS) is 34.2. The van der Waals surface area contributed by atoms with Crippen LogP contribution in [-0.2, 0) is 19.1 Å². The molecule has 2 N–H and O–H groups in total. The van der Waals surface area contributed by atoms with Gasteiger partial charge < -0.3 is 19.7 Å². The summed E-state index contributed by atoms with van der Waals surface area (Å²) in [5.41, 5.74) is -0.569. The monoisotopic (exact) mass is 366 g/mol. The summed E-state index contributed by atoms with van der Waals surface area (Å²) in [5, 5.41) is 20.8. The van der Waals surface area contributed by atoms with Crippen LogP contribution in [0.3, 0.4) is 0 Å². The Bertz CT molecular complexity index is 575. The maximum absolute atomic E-state index is 12.2. The minimum absolute atomic E-state index is 0.164. The predicted molar refractivity (Wildman–Crippen MR) is 98.2 cm³/mol. The van der Waals surface area contributed by atoms with E-state index in [4.69, 9.17) is 9.47 Å². The van der Waals surface area contributed by atoms with Gasteiger partial charge in [-0.15, -0.1) is 0 Å². The largest absolute Gasteiger partial charge is 0.457 e. The van der Waals surface area contributed by atoms with Crippen LogP contribution < -0.4 is 0 Å². The highest BCUT2D eigenvalue weighted by Gasteiger charge is 2.34. The average molecular weight is 366 g/mol. The van der Waals surface area contributed by atoms with Gasteiger partial charge in [0.1, 0.15) is 17.8 Å². The molecule has 5 unspecified atom stereocenters. The fourth-order valence-electron chi connectivity index (χ4n) is 2.91. The summed E-state index contributed by atoms with van der Waals surface area (Å²) in [7, 11) is 0. The lowest BCUT2D eigenvalue weighted by atomic mass is 9.89. The highest BCUT2D eigenvalue weighted by atomic mass is 16.6. The number of carbonyl (C=O) groups is 2. The Morgan fingerprint density at radius 1 is 1.42 bits per heavy atom. The number of carbonyl (C=O) groups excluding carboxylic acids is 2. The summed E-state index contributed by atoms with van der Waals surface area (Å²) in [6, 6.07) is 0. The molecule has 1 rings (SSSR count). The van der Waals surface area contributed by atoms with Gasteiger partial charge in [0, 0.05) is 12.8 Å². The molecule has 0 spiro atoms. The third kappa shape index (κ3) is 6.77. The number of hydrogen-bond donors (Lipinski definition) is 2. The van der Waals surface area contributed by atoms with E-state index in [9.17, 15) is 19.8 Å². The van der Waals surface area contributed by atoms with Gasteiger partial charge in [0.05, 0.1) is 12.5 Å². The molecule has 146 valence electrons. The maximum Gasteiger partial charge on any atom is 0.309 e. The Morgan fingerprint density at radius 3 is 2.65 bits per heavy atom. The highest BCUT2D eigenvalue weighted by molar-refractivity contribution is 5.70. The molecule has 0 fully saturated rings. The van der Waals surface area contributed by atoms with Gasteiger partial charge in [0.2, 0.25) is 0 Å². The first-order valence-corrected chi connectivity index (χ1v) is 8.81. The standard InChI is InChI=1S/C20H30O6/c1-6-7-13(2)19-14(3)8-9-17(25-15(4)21)20(5,24)11-10-16(22)12-18(23)26-19/h6-9,14,16-17,19,22,24H,1,10-12H2,2-5H3. The Morgan fingerprint density at radius 2 is 2.08 bits per heavy atom. The van der Waals surface area contributed by atoms with Crippen LogP contribution in [0.25, 0.3) is 0 Å². The summed E-state index contributed by atoms with van der Waals surface area (Å²) in [6.45, 7) is 10.2. The molecule has 0 aromatic carbocycles. The van der Waals surface area contributed by atoms with Gasteiger partial charge in [-0.1, -0.05) is 31.7 Å². The first-order chi connectivity index (χ1) is 12.1. The van der Waals surface area contributed by atoms with Crippen LogP contribution >= 0.6 is 0 Å². The number of aliphatic hydroxyl groups excluding tert-OH is 1. The third-order valence-corrected chi connectivity index (χ3v) is 4.45. The molecule has 0 saturated heterocycles. The quantitative estimate of drug-likeness (QED) is 0.453. The van der Waals surface area contributed by atoms with E-state index in [-0.39, 0.29) is 25.2 Å². The zero-order chi connectivity index (χ0) is 19.9. The molecule has 1 aliphatic heterocycles. The van der Waals surface area contributed by atoms with Gasteiger partial charge >= 0.3 is 11.9 Å². The van der Waals surface area contributed by atoms with Crippen LogP contribution in [0.2, 0.25) is 0 Å². The molecule has 0 radical (unpaired) electrons. The van der Waals surface area contributed by atoms with Gasteiger partial charge in [-0.05, 0) is 38.3 Å². The van der Waals surface area contributed by atoms with Crippen molar-refractivity contribution < 1.29 is 29.3 Å². The van der Waals surface area contributed by atoms with Crippen molar-refractivity contribution in [1.29, 1.82) is 0 Å². The molecule has 26 heavy (non-hydrogen) atoms. The smallest absolute Gasteiger partial charge is 0.309 e. The van der Waals surface area contributed by atoms with Gasteiger partial charge in [-0.25, -0.2) is 0 Å². The fraction of sp³-hybridized carbons (Fsp3) is 0.600. The number of allylic oxidation sites excluding steroid dienone is 2. The minimum atomic E-state index is -1.37. The van der Waals surface area contributed by atoms with Gasteiger partial charge in [-0.3, -0.25) is 9.59 Å². The topological polar surface area (TPSA) is 93.1 Å². The Balaban J connectivity index is 3.24. The Labute approximate surface area is 155 Å². The van der Waals surface area contributed by atoms with E-state index in [1.807, 2.05) is 13.8 Å². The summed E-state index contributed by atoms with van der Waals surface area (Å²) < 4.78 is 10.8. The van der Waals surface area contributed by atoms with Crippen molar-refractivity contribution in [2.45, 2.75) is 70.9 Å². The van der Waals surface area contributed by atoms with Crippen LogP contribution in [0.4, 0.5) is 0 Å². The SMILES string of the molecule is C=CC=C(C)C1OC(=O)CC(O)CCC(C)(O)C(OC(C)=O)C=CC1C. The van der Waals surface area contributed by atoms with E-state index in [0.29, 0.717) is 0 Å². The summed E-state index contributed by atoms with van der Waals surface area (Å²) in [4.78, 5) is 23.6. The van der Waals surface area contributed by atoms with E-state index in [0.717, 1.165) is 5.57 Å². The lowest BCUT2D eigenvalue weighted by molar-refractivity contribution is -0.157. The molecule has 0 amide bonds. The molecule has 0 bridgehead atoms. The van der Waals surface area contributed by atoms with Crippen LogP contribution in [0.15, 0.2) is 36.5 Å². The van der Waals surface area contributed by atoms with Crippen molar-refractivity contribution in [2.24, 2.45) is 5.92 Å². The second kappa shape index (κ2) is 9.69. The van der Waals surface area contributed by atoms with Gasteiger partial charge in [0.15, 0.2) is 0 Å². The molecule has 0 aromatic rings. The number of aliphatic hydroxyl groups is 2. The number of ether oxygens (including phenoxy) is 2. The van der Waals surface area contributed by atoms with Crippen LogP contribution in [0.1, 0.15) is 47.0 Å². The molecule has 6 heteroatoms. The lowest BCUT2D eigenvalue weighted by Crippen LogP contribution is -2.42. The lowest BCUT2D eigenvalue weighted by Gasteiger charge is -2.32. The molecule has 0 aromatic heterocycles.